The summed E-state index contributed by atoms with van der Waals surface area (Å²) in [6.45, 7) is 6.99. The first kappa shape index (κ1) is 12.6. The standard InChI is InChI=1S/C17H20FN/c1-11-8-12(10-17(11,2)3)14-6-7-19-16-5-4-13(18)9-15(14)16/h4-7,9,11-12H,8,10H2,1-3H3. The lowest BCUT2D eigenvalue weighted by Crippen LogP contribution is -2.13. The molecule has 2 atom stereocenters. The van der Waals surface area contributed by atoms with Crippen LogP contribution < -0.4 is 0 Å². The SMILES string of the molecule is CC1CC(c2ccnc3ccc(F)cc23)CC1(C)C. The molecule has 0 radical (unpaired) electrons. The van der Waals surface area contributed by atoms with E-state index in [9.17, 15) is 4.39 Å². The number of halogens is 1. The predicted molar refractivity (Wildman–Crippen MR) is 76.6 cm³/mol. The molecule has 0 saturated heterocycles. The van der Waals surface area contributed by atoms with Crippen LogP contribution in [0.1, 0.15) is 45.1 Å². The van der Waals surface area contributed by atoms with Gasteiger partial charge < -0.3 is 0 Å². The topological polar surface area (TPSA) is 12.9 Å². The summed E-state index contributed by atoms with van der Waals surface area (Å²) >= 11 is 0. The van der Waals surface area contributed by atoms with Crippen molar-refractivity contribution in [3.8, 4) is 0 Å². The molecule has 1 heterocycles. The van der Waals surface area contributed by atoms with Gasteiger partial charge in [-0.15, -0.1) is 0 Å². The first-order chi connectivity index (χ1) is 8.97. The first-order valence-corrected chi connectivity index (χ1v) is 7.01. The van der Waals surface area contributed by atoms with E-state index in [1.165, 1.54) is 24.5 Å². The van der Waals surface area contributed by atoms with Crippen LogP contribution >= 0.6 is 0 Å². The van der Waals surface area contributed by atoms with Gasteiger partial charge in [-0.3, -0.25) is 4.98 Å². The highest BCUT2D eigenvalue weighted by atomic mass is 19.1. The van der Waals surface area contributed by atoms with Crippen molar-refractivity contribution >= 4 is 10.9 Å². The van der Waals surface area contributed by atoms with Crippen LogP contribution in [0, 0.1) is 17.2 Å². The van der Waals surface area contributed by atoms with E-state index >= 15 is 0 Å². The summed E-state index contributed by atoms with van der Waals surface area (Å²) in [6.07, 6.45) is 4.21. The molecule has 0 amide bonds. The number of nitrogens with zero attached hydrogens (tertiary/aromatic N) is 1. The lowest BCUT2D eigenvalue weighted by atomic mass is 9.83. The Kier molecular flexibility index (Phi) is 2.84. The molecule has 1 aromatic heterocycles. The van der Waals surface area contributed by atoms with Crippen molar-refractivity contribution in [2.75, 3.05) is 0 Å². The number of rotatable bonds is 1. The molecule has 1 aliphatic carbocycles. The summed E-state index contributed by atoms with van der Waals surface area (Å²) in [5, 5.41) is 0.984. The Labute approximate surface area is 113 Å². The van der Waals surface area contributed by atoms with Gasteiger partial charge in [-0.25, -0.2) is 4.39 Å². The smallest absolute Gasteiger partial charge is 0.123 e. The maximum Gasteiger partial charge on any atom is 0.123 e. The molecule has 0 N–H and O–H groups in total. The zero-order valence-corrected chi connectivity index (χ0v) is 11.8. The number of hydrogen-bond donors (Lipinski definition) is 0. The lowest BCUT2D eigenvalue weighted by Gasteiger charge is -2.23. The van der Waals surface area contributed by atoms with Crippen LogP contribution in [-0.2, 0) is 0 Å². The Hall–Kier alpha value is -1.44. The van der Waals surface area contributed by atoms with Crippen LogP contribution in [0.5, 0.6) is 0 Å². The van der Waals surface area contributed by atoms with Crippen molar-refractivity contribution in [1.82, 2.24) is 4.98 Å². The van der Waals surface area contributed by atoms with Gasteiger partial charge in [0.15, 0.2) is 0 Å². The summed E-state index contributed by atoms with van der Waals surface area (Å²) in [4.78, 5) is 4.34. The second kappa shape index (κ2) is 4.29. The van der Waals surface area contributed by atoms with Crippen molar-refractivity contribution in [1.29, 1.82) is 0 Å². The zero-order valence-electron chi connectivity index (χ0n) is 11.8. The Morgan fingerprint density at radius 2 is 2.05 bits per heavy atom. The summed E-state index contributed by atoms with van der Waals surface area (Å²) in [5.74, 6) is 1.05. The molecule has 3 rings (SSSR count). The molecule has 0 bridgehead atoms. The molecular formula is C17H20FN. The Morgan fingerprint density at radius 1 is 1.26 bits per heavy atom. The fourth-order valence-electron chi connectivity index (χ4n) is 3.40. The maximum atomic E-state index is 13.5. The maximum absolute atomic E-state index is 13.5. The lowest BCUT2D eigenvalue weighted by molar-refractivity contribution is 0.280. The zero-order chi connectivity index (χ0) is 13.6. The molecule has 0 spiro atoms. The minimum Gasteiger partial charge on any atom is -0.256 e. The van der Waals surface area contributed by atoms with E-state index in [1.807, 2.05) is 6.20 Å². The molecule has 2 heteroatoms. The monoisotopic (exact) mass is 257 g/mol. The third kappa shape index (κ3) is 2.13. The van der Waals surface area contributed by atoms with E-state index in [2.05, 4.69) is 31.8 Å². The summed E-state index contributed by atoms with van der Waals surface area (Å²) in [5.41, 5.74) is 2.53. The van der Waals surface area contributed by atoms with E-state index in [0.717, 1.165) is 10.9 Å². The number of fused-ring (bicyclic) bond motifs is 1. The van der Waals surface area contributed by atoms with Gasteiger partial charge in [0, 0.05) is 11.6 Å². The van der Waals surface area contributed by atoms with Crippen LogP contribution in [-0.4, -0.2) is 4.98 Å². The molecule has 1 aromatic carbocycles. The van der Waals surface area contributed by atoms with E-state index < -0.39 is 0 Å². The molecule has 1 saturated carbocycles. The van der Waals surface area contributed by atoms with E-state index in [4.69, 9.17) is 0 Å². The van der Waals surface area contributed by atoms with Crippen LogP contribution in [0.3, 0.4) is 0 Å². The van der Waals surface area contributed by atoms with Gasteiger partial charge in [0.2, 0.25) is 0 Å². The third-order valence-corrected chi connectivity index (χ3v) is 4.92. The van der Waals surface area contributed by atoms with E-state index in [-0.39, 0.29) is 5.82 Å². The van der Waals surface area contributed by atoms with Crippen LogP contribution in [0.25, 0.3) is 10.9 Å². The molecule has 1 fully saturated rings. The minimum absolute atomic E-state index is 0.174. The normalized spacial score (nSPS) is 25.9. The quantitative estimate of drug-likeness (QED) is 0.707. The van der Waals surface area contributed by atoms with Crippen molar-refractivity contribution in [2.45, 2.75) is 39.5 Å². The molecule has 1 aliphatic rings. The molecule has 2 unspecified atom stereocenters. The van der Waals surface area contributed by atoms with E-state index in [1.54, 1.807) is 12.1 Å². The molecule has 2 aromatic rings. The van der Waals surface area contributed by atoms with Crippen LogP contribution in [0.15, 0.2) is 30.5 Å². The second-order valence-corrected chi connectivity index (χ2v) is 6.59. The highest BCUT2D eigenvalue weighted by Crippen LogP contribution is 2.50. The fraction of sp³-hybridized carbons (Fsp3) is 0.471. The molecule has 100 valence electrons. The highest BCUT2D eigenvalue weighted by molar-refractivity contribution is 5.82. The largest absolute Gasteiger partial charge is 0.256 e. The van der Waals surface area contributed by atoms with Gasteiger partial charge in [0.25, 0.3) is 0 Å². The molecule has 1 nitrogen and oxygen atoms in total. The van der Waals surface area contributed by atoms with Gasteiger partial charge in [0.1, 0.15) is 5.82 Å². The average Bonchev–Trinajstić information content (AvgIpc) is 2.63. The molecular weight excluding hydrogens is 237 g/mol. The Morgan fingerprint density at radius 3 is 2.74 bits per heavy atom. The summed E-state index contributed by atoms with van der Waals surface area (Å²) < 4.78 is 13.5. The summed E-state index contributed by atoms with van der Waals surface area (Å²) in [7, 11) is 0. The molecule has 19 heavy (non-hydrogen) atoms. The number of pyridine rings is 1. The first-order valence-electron chi connectivity index (χ1n) is 7.01. The van der Waals surface area contributed by atoms with Crippen molar-refractivity contribution in [3.63, 3.8) is 0 Å². The average molecular weight is 257 g/mol. The van der Waals surface area contributed by atoms with Gasteiger partial charge >= 0.3 is 0 Å². The minimum atomic E-state index is -0.174. The highest BCUT2D eigenvalue weighted by Gasteiger charge is 2.38. The molecule has 0 aliphatic heterocycles. The summed E-state index contributed by atoms with van der Waals surface area (Å²) in [6, 6.07) is 6.96. The van der Waals surface area contributed by atoms with Crippen molar-refractivity contribution in [2.24, 2.45) is 11.3 Å². The number of aromatic nitrogens is 1. The third-order valence-electron chi connectivity index (χ3n) is 4.92. The van der Waals surface area contributed by atoms with Crippen molar-refractivity contribution in [3.05, 3.63) is 41.8 Å². The fourth-order valence-corrected chi connectivity index (χ4v) is 3.40. The van der Waals surface area contributed by atoms with Gasteiger partial charge in [-0.05, 0) is 59.9 Å². The van der Waals surface area contributed by atoms with Gasteiger partial charge in [-0.2, -0.15) is 0 Å². The Bertz CT molecular complexity index is 618. The number of benzene rings is 1. The van der Waals surface area contributed by atoms with Crippen LogP contribution in [0.4, 0.5) is 4.39 Å². The van der Waals surface area contributed by atoms with E-state index in [0.29, 0.717) is 17.3 Å². The van der Waals surface area contributed by atoms with Crippen molar-refractivity contribution < 1.29 is 4.39 Å². The second-order valence-electron chi connectivity index (χ2n) is 6.59. The van der Waals surface area contributed by atoms with Gasteiger partial charge in [-0.1, -0.05) is 20.8 Å². The predicted octanol–water partition coefficient (Wildman–Crippen LogP) is 4.91. The number of hydrogen-bond acceptors (Lipinski definition) is 1. The Balaban J connectivity index is 2.09. The van der Waals surface area contributed by atoms with Crippen LogP contribution in [0.2, 0.25) is 0 Å². The van der Waals surface area contributed by atoms with Gasteiger partial charge in [0.05, 0.1) is 5.52 Å².